The minimum atomic E-state index is 0.803. The molecule has 0 aromatic heterocycles. The zero-order valence-electron chi connectivity index (χ0n) is 8.72. The summed E-state index contributed by atoms with van der Waals surface area (Å²) in [5.41, 5.74) is 0. The molecule has 0 spiro atoms. The second-order valence-electron chi connectivity index (χ2n) is 4.42. The molecule has 1 saturated carbocycles. The van der Waals surface area contributed by atoms with Crippen LogP contribution in [-0.2, 0) is 0 Å². The largest absolute Gasteiger partial charge is 0.0914 e. The number of hydrogen-bond donors (Lipinski definition) is 0. The van der Waals surface area contributed by atoms with Gasteiger partial charge in [0.2, 0.25) is 0 Å². The molecule has 0 bridgehead atoms. The lowest BCUT2D eigenvalue weighted by molar-refractivity contribution is 0.241. The fourth-order valence-corrected chi connectivity index (χ4v) is 2.42. The van der Waals surface area contributed by atoms with Crippen molar-refractivity contribution in [2.75, 3.05) is 0 Å². The highest BCUT2D eigenvalue weighted by molar-refractivity contribution is 4.88. The summed E-state index contributed by atoms with van der Waals surface area (Å²) in [5.74, 6) is 2.74. The standard InChI is InChI=1S/C12H22/c1-4-6-11(3)12-8-5-7-10(2)9-12/h4,6,10-12H,5,7-9H2,1-3H3/t10-,11-,12+/m1/s1. The van der Waals surface area contributed by atoms with E-state index in [1.807, 2.05) is 0 Å². The zero-order valence-corrected chi connectivity index (χ0v) is 8.72. The average molecular weight is 166 g/mol. The Hall–Kier alpha value is -0.260. The van der Waals surface area contributed by atoms with E-state index in [9.17, 15) is 0 Å². The van der Waals surface area contributed by atoms with Crippen LogP contribution in [0, 0.1) is 17.8 Å². The molecule has 0 amide bonds. The molecule has 0 N–H and O–H groups in total. The van der Waals surface area contributed by atoms with Gasteiger partial charge in [0.15, 0.2) is 0 Å². The van der Waals surface area contributed by atoms with Crippen LogP contribution in [0.5, 0.6) is 0 Å². The first-order valence-corrected chi connectivity index (χ1v) is 5.37. The van der Waals surface area contributed by atoms with E-state index in [4.69, 9.17) is 0 Å². The summed E-state index contributed by atoms with van der Waals surface area (Å²) in [6.45, 7) is 6.89. The molecule has 0 nitrogen and oxygen atoms in total. The highest BCUT2D eigenvalue weighted by Crippen LogP contribution is 2.33. The molecule has 0 heteroatoms. The molecular formula is C12H22. The van der Waals surface area contributed by atoms with Crippen molar-refractivity contribution in [2.24, 2.45) is 17.8 Å². The van der Waals surface area contributed by atoms with Gasteiger partial charge >= 0.3 is 0 Å². The van der Waals surface area contributed by atoms with Crippen LogP contribution in [0.15, 0.2) is 12.2 Å². The highest BCUT2D eigenvalue weighted by atomic mass is 14.3. The Bertz CT molecular complexity index is 146. The molecule has 1 aliphatic rings. The molecule has 1 aliphatic carbocycles. The van der Waals surface area contributed by atoms with Crippen LogP contribution in [0.25, 0.3) is 0 Å². The normalized spacial score (nSPS) is 33.9. The Morgan fingerprint density at radius 3 is 2.67 bits per heavy atom. The molecule has 0 aromatic rings. The number of allylic oxidation sites excluding steroid dienone is 2. The molecule has 0 aliphatic heterocycles. The third-order valence-electron chi connectivity index (χ3n) is 3.22. The predicted molar refractivity (Wildman–Crippen MR) is 55.1 cm³/mol. The number of rotatable bonds is 2. The summed E-state index contributed by atoms with van der Waals surface area (Å²) in [4.78, 5) is 0. The van der Waals surface area contributed by atoms with Crippen LogP contribution in [0.3, 0.4) is 0 Å². The van der Waals surface area contributed by atoms with Gasteiger partial charge in [0, 0.05) is 0 Å². The minimum Gasteiger partial charge on any atom is -0.0914 e. The molecular weight excluding hydrogens is 144 g/mol. The van der Waals surface area contributed by atoms with Gasteiger partial charge in [-0.3, -0.25) is 0 Å². The van der Waals surface area contributed by atoms with Crippen molar-refractivity contribution in [3.05, 3.63) is 12.2 Å². The van der Waals surface area contributed by atoms with E-state index in [1.54, 1.807) is 0 Å². The minimum absolute atomic E-state index is 0.803. The molecule has 12 heavy (non-hydrogen) atoms. The first kappa shape index (κ1) is 9.83. The smallest absolute Gasteiger partial charge is 0.0234 e. The first-order valence-electron chi connectivity index (χ1n) is 5.37. The van der Waals surface area contributed by atoms with E-state index in [1.165, 1.54) is 25.7 Å². The third-order valence-corrected chi connectivity index (χ3v) is 3.22. The van der Waals surface area contributed by atoms with Gasteiger partial charge in [-0.05, 0) is 37.5 Å². The first-order chi connectivity index (χ1) is 5.74. The monoisotopic (exact) mass is 166 g/mol. The van der Waals surface area contributed by atoms with Gasteiger partial charge in [0.05, 0.1) is 0 Å². The summed E-state index contributed by atoms with van der Waals surface area (Å²) >= 11 is 0. The molecule has 0 heterocycles. The van der Waals surface area contributed by atoms with E-state index < -0.39 is 0 Å². The van der Waals surface area contributed by atoms with Crippen LogP contribution < -0.4 is 0 Å². The van der Waals surface area contributed by atoms with Crippen molar-refractivity contribution < 1.29 is 0 Å². The SMILES string of the molecule is CC=C[C@@H](C)[C@H]1CCC[C@@H](C)C1. The fraction of sp³-hybridized carbons (Fsp3) is 0.833. The van der Waals surface area contributed by atoms with Crippen LogP contribution >= 0.6 is 0 Å². The molecule has 0 radical (unpaired) electrons. The fourth-order valence-electron chi connectivity index (χ4n) is 2.42. The predicted octanol–water partition coefficient (Wildman–Crippen LogP) is 4.02. The number of hydrogen-bond acceptors (Lipinski definition) is 0. The van der Waals surface area contributed by atoms with Crippen molar-refractivity contribution in [1.29, 1.82) is 0 Å². The molecule has 0 aromatic carbocycles. The van der Waals surface area contributed by atoms with Crippen LogP contribution in [0.1, 0.15) is 46.5 Å². The van der Waals surface area contributed by atoms with Gasteiger partial charge < -0.3 is 0 Å². The van der Waals surface area contributed by atoms with Gasteiger partial charge in [-0.1, -0.05) is 38.8 Å². The molecule has 0 unspecified atom stereocenters. The lowest BCUT2D eigenvalue weighted by atomic mass is 9.76. The van der Waals surface area contributed by atoms with Crippen molar-refractivity contribution in [1.82, 2.24) is 0 Å². The quantitative estimate of drug-likeness (QED) is 0.543. The summed E-state index contributed by atoms with van der Waals surface area (Å²) < 4.78 is 0. The van der Waals surface area contributed by atoms with Crippen LogP contribution in [0.2, 0.25) is 0 Å². The van der Waals surface area contributed by atoms with Gasteiger partial charge in [-0.25, -0.2) is 0 Å². The molecule has 3 atom stereocenters. The Labute approximate surface area is 77.1 Å². The molecule has 1 fully saturated rings. The second kappa shape index (κ2) is 4.69. The lowest BCUT2D eigenvalue weighted by Crippen LogP contribution is -2.18. The molecule has 1 rings (SSSR count). The maximum atomic E-state index is 2.40. The summed E-state index contributed by atoms with van der Waals surface area (Å²) in [5, 5.41) is 0. The van der Waals surface area contributed by atoms with E-state index in [-0.39, 0.29) is 0 Å². The van der Waals surface area contributed by atoms with Gasteiger partial charge in [0.25, 0.3) is 0 Å². The van der Waals surface area contributed by atoms with Crippen molar-refractivity contribution >= 4 is 0 Å². The van der Waals surface area contributed by atoms with Crippen molar-refractivity contribution in [3.8, 4) is 0 Å². The topological polar surface area (TPSA) is 0 Å². The summed E-state index contributed by atoms with van der Waals surface area (Å²) in [6.07, 6.45) is 10.4. The Kier molecular flexibility index (Phi) is 3.84. The molecule has 0 saturated heterocycles. The third kappa shape index (κ3) is 2.66. The lowest BCUT2D eigenvalue weighted by Gasteiger charge is -2.29. The Balaban J connectivity index is 2.39. The van der Waals surface area contributed by atoms with Gasteiger partial charge in [-0.2, -0.15) is 0 Å². The molecule has 70 valence electrons. The average Bonchev–Trinajstić information content (AvgIpc) is 2.05. The zero-order chi connectivity index (χ0) is 8.97. The summed E-state index contributed by atoms with van der Waals surface area (Å²) in [6, 6.07) is 0. The van der Waals surface area contributed by atoms with Gasteiger partial charge in [-0.15, -0.1) is 0 Å². The van der Waals surface area contributed by atoms with Gasteiger partial charge in [0.1, 0.15) is 0 Å². The maximum absolute atomic E-state index is 2.40. The van der Waals surface area contributed by atoms with Crippen molar-refractivity contribution in [2.45, 2.75) is 46.5 Å². The second-order valence-corrected chi connectivity index (χ2v) is 4.42. The van der Waals surface area contributed by atoms with E-state index in [0.29, 0.717) is 0 Å². The maximum Gasteiger partial charge on any atom is -0.0234 e. The highest BCUT2D eigenvalue weighted by Gasteiger charge is 2.21. The van der Waals surface area contributed by atoms with E-state index >= 15 is 0 Å². The van der Waals surface area contributed by atoms with Crippen molar-refractivity contribution in [3.63, 3.8) is 0 Å². The summed E-state index contributed by atoms with van der Waals surface area (Å²) in [7, 11) is 0. The Morgan fingerprint density at radius 1 is 1.33 bits per heavy atom. The van der Waals surface area contributed by atoms with Crippen LogP contribution in [0.4, 0.5) is 0 Å². The van der Waals surface area contributed by atoms with E-state index in [2.05, 4.69) is 32.9 Å². The van der Waals surface area contributed by atoms with E-state index in [0.717, 1.165) is 17.8 Å². The van der Waals surface area contributed by atoms with Crippen LogP contribution in [-0.4, -0.2) is 0 Å². The Morgan fingerprint density at radius 2 is 2.08 bits per heavy atom.